The molecule has 0 saturated heterocycles. The number of anilines is 1. The summed E-state index contributed by atoms with van der Waals surface area (Å²) in [4.78, 5) is 22.5. The summed E-state index contributed by atoms with van der Waals surface area (Å²) in [7, 11) is 1.35. The first-order valence-corrected chi connectivity index (χ1v) is 5.50. The van der Waals surface area contributed by atoms with Gasteiger partial charge in [0, 0.05) is 18.0 Å². The molecule has 4 heteroatoms. The van der Waals surface area contributed by atoms with Gasteiger partial charge < -0.3 is 10.1 Å². The molecule has 18 heavy (non-hydrogen) atoms. The van der Waals surface area contributed by atoms with Gasteiger partial charge in [-0.05, 0) is 23.6 Å². The van der Waals surface area contributed by atoms with Gasteiger partial charge in [0.25, 0.3) is 0 Å². The highest BCUT2D eigenvalue weighted by atomic mass is 16.5. The van der Waals surface area contributed by atoms with Gasteiger partial charge in [0.05, 0.1) is 12.7 Å². The van der Waals surface area contributed by atoms with E-state index in [1.54, 1.807) is 18.2 Å². The topological polar surface area (TPSA) is 55.4 Å². The normalized spacial score (nSPS) is 10.1. The lowest BCUT2D eigenvalue weighted by atomic mass is 10.1. The molecule has 0 aliphatic heterocycles. The Morgan fingerprint density at radius 1 is 1.17 bits per heavy atom. The van der Waals surface area contributed by atoms with Crippen molar-refractivity contribution in [1.29, 1.82) is 0 Å². The molecule has 0 radical (unpaired) electrons. The van der Waals surface area contributed by atoms with Gasteiger partial charge in [-0.3, -0.25) is 4.79 Å². The predicted molar refractivity (Wildman–Crippen MR) is 69.6 cm³/mol. The van der Waals surface area contributed by atoms with E-state index >= 15 is 0 Å². The summed E-state index contributed by atoms with van der Waals surface area (Å²) in [5, 5.41) is 4.52. The average molecular weight is 243 g/mol. The lowest BCUT2D eigenvalue weighted by Crippen LogP contribution is -2.06. The molecule has 0 fully saturated rings. The number of hydrogen-bond acceptors (Lipinski definition) is 3. The van der Waals surface area contributed by atoms with Gasteiger partial charge in [0.2, 0.25) is 5.91 Å². The summed E-state index contributed by atoms with van der Waals surface area (Å²) in [6.07, 6.45) is 0. The number of methoxy groups -OCH3 is 1. The predicted octanol–water partition coefficient (Wildman–Crippen LogP) is 2.58. The van der Waals surface area contributed by atoms with Crippen molar-refractivity contribution in [1.82, 2.24) is 0 Å². The maximum Gasteiger partial charge on any atom is 0.337 e. The van der Waals surface area contributed by atoms with E-state index < -0.39 is 0 Å². The van der Waals surface area contributed by atoms with E-state index in [2.05, 4.69) is 10.1 Å². The Morgan fingerprint density at radius 2 is 1.94 bits per heavy atom. The monoisotopic (exact) mass is 243 g/mol. The fraction of sp³-hybridized carbons (Fsp3) is 0.143. The summed E-state index contributed by atoms with van der Waals surface area (Å²) in [5.41, 5.74) is 1.22. The van der Waals surface area contributed by atoms with Crippen molar-refractivity contribution >= 4 is 28.3 Å². The van der Waals surface area contributed by atoms with E-state index in [9.17, 15) is 9.59 Å². The molecule has 1 N–H and O–H groups in total. The number of rotatable bonds is 2. The first-order chi connectivity index (χ1) is 8.61. The number of ether oxygens (including phenoxy) is 1. The molecule has 0 spiro atoms. The zero-order chi connectivity index (χ0) is 13.1. The second-order valence-electron chi connectivity index (χ2n) is 3.91. The van der Waals surface area contributed by atoms with Gasteiger partial charge in [-0.2, -0.15) is 0 Å². The summed E-state index contributed by atoms with van der Waals surface area (Å²) < 4.78 is 4.67. The van der Waals surface area contributed by atoms with Crippen LogP contribution in [0.2, 0.25) is 0 Å². The first-order valence-electron chi connectivity index (χ1n) is 5.50. The van der Waals surface area contributed by atoms with E-state index in [1.165, 1.54) is 14.0 Å². The molecule has 0 heterocycles. The molecule has 2 rings (SSSR count). The van der Waals surface area contributed by atoms with Crippen LogP contribution in [0, 0.1) is 0 Å². The highest BCUT2D eigenvalue weighted by molar-refractivity contribution is 6.03. The number of benzene rings is 2. The number of carbonyl (C=O) groups excluding carboxylic acids is 2. The number of amides is 1. The van der Waals surface area contributed by atoms with Crippen LogP contribution in [0.15, 0.2) is 36.4 Å². The van der Waals surface area contributed by atoms with Gasteiger partial charge in [0.1, 0.15) is 0 Å². The van der Waals surface area contributed by atoms with Gasteiger partial charge in [-0.25, -0.2) is 4.79 Å². The zero-order valence-electron chi connectivity index (χ0n) is 10.2. The molecule has 2 aromatic carbocycles. The number of hydrogen-bond donors (Lipinski definition) is 1. The molecule has 4 nitrogen and oxygen atoms in total. The van der Waals surface area contributed by atoms with Crippen LogP contribution in [0.3, 0.4) is 0 Å². The second kappa shape index (κ2) is 4.87. The first kappa shape index (κ1) is 12.1. The molecule has 2 aromatic rings. The fourth-order valence-corrected chi connectivity index (χ4v) is 1.83. The van der Waals surface area contributed by atoms with Crippen LogP contribution < -0.4 is 5.32 Å². The average Bonchev–Trinajstić information content (AvgIpc) is 2.37. The van der Waals surface area contributed by atoms with Crippen LogP contribution >= 0.6 is 0 Å². The van der Waals surface area contributed by atoms with Crippen molar-refractivity contribution < 1.29 is 14.3 Å². The van der Waals surface area contributed by atoms with Crippen molar-refractivity contribution in [2.75, 3.05) is 12.4 Å². The number of fused-ring (bicyclic) bond motifs is 1. The molecule has 92 valence electrons. The van der Waals surface area contributed by atoms with Gasteiger partial charge in [-0.1, -0.05) is 18.2 Å². The summed E-state index contributed by atoms with van der Waals surface area (Å²) >= 11 is 0. The lowest BCUT2D eigenvalue weighted by Gasteiger charge is -2.08. The summed E-state index contributed by atoms with van der Waals surface area (Å²) in [5.74, 6) is -0.499. The van der Waals surface area contributed by atoms with E-state index in [0.717, 1.165) is 16.5 Å². The van der Waals surface area contributed by atoms with Gasteiger partial charge in [0.15, 0.2) is 0 Å². The van der Waals surface area contributed by atoms with Crippen LogP contribution in [-0.4, -0.2) is 19.0 Å². The molecule has 0 saturated carbocycles. The molecular formula is C14H13NO3. The smallest absolute Gasteiger partial charge is 0.337 e. The SMILES string of the molecule is COC(=O)c1ccc2c(NC(C)=O)cccc2c1. The van der Waals surface area contributed by atoms with E-state index in [-0.39, 0.29) is 11.9 Å². The van der Waals surface area contributed by atoms with Crippen LogP contribution in [-0.2, 0) is 9.53 Å². The lowest BCUT2D eigenvalue weighted by molar-refractivity contribution is -0.114. The minimum Gasteiger partial charge on any atom is -0.465 e. The van der Waals surface area contributed by atoms with Crippen molar-refractivity contribution in [3.63, 3.8) is 0 Å². The summed E-state index contributed by atoms with van der Waals surface area (Å²) in [6.45, 7) is 1.46. The maximum atomic E-state index is 11.4. The van der Waals surface area contributed by atoms with Gasteiger partial charge in [-0.15, -0.1) is 0 Å². The van der Waals surface area contributed by atoms with Gasteiger partial charge >= 0.3 is 5.97 Å². The number of carbonyl (C=O) groups is 2. The van der Waals surface area contributed by atoms with Crippen molar-refractivity contribution in [3.8, 4) is 0 Å². The van der Waals surface area contributed by atoms with Crippen molar-refractivity contribution in [2.45, 2.75) is 6.92 Å². The number of esters is 1. The van der Waals surface area contributed by atoms with E-state index in [4.69, 9.17) is 0 Å². The minimum absolute atomic E-state index is 0.125. The second-order valence-corrected chi connectivity index (χ2v) is 3.91. The Hall–Kier alpha value is -2.36. The van der Waals surface area contributed by atoms with E-state index in [0.29, 0.717) is 5.56 Å². The molecule has 0 aliphatic carbocycles. The minimum atomic E-state index is -0.373. The Bertz CT molecular complexity index is 619. The molecule has 1 amide bonds. The molecule has 0 aliphatic rings. The third-order valence-corrected chi connectivity index (χ3v) is 2.61. The maximum absolute atomic E-state index is 11.4. The highest BCUT2D eigenvalue weighted by Gasteiger charge is 2.08. The van der Waals surface area contributed by atoms with E-state index in [1.807, 2.05) is 18.2 Å². The zero-order valence-corrected chi connectivity index (χ0v) is 10.2. The number of nitrogens with one attached hydrogen (secondary N) is 1. The summed E-state index contributed by atoms with van der Waals surface area (Å²) in [6, 6.07) is 10.8. The van der Waals surface area contributed by atoms with Crippen LogP contribution in [0.1, 0.15) is 17.3 Å². The van der Waals surface area contributed by atoms with Crippen molar-refractivity contribution in [3.05, 3.63) is 42.0 Å². The molecule has 0 bridgehead atoms. The standard InChI is InChI=1S/C14H13NO3/c1-9(16)15-13-5-3-4-10-8-11(14(17)18-2)6-7-12(10)13/h3-8H,1-2H3,(H,15,16). The van der Waals surface area contributed by atoms with Crippen LogP contribution in [0.25, 0.3) is 10.8 Å². The van der Waals surface area contributed by atoms with Crippen LogP contribution in [0.4, 0.5) is 5.69 Å². The van der Waals surface area contributed by atoms with Crippen molar-refractivity contribution in [2.24, 2.45) is 0 Å². The third-order valence-electron chi connectivity index (χ3n) is 2.61. The Morgan fingerprint density at radius 3 is 2.61 bits per heavy atom. The third kappa shape index (κ3) is 2.32. The largest absolute Gasteiger partial charge is 0.465 e. The molecule has 0 atom stereocenters. The molecular weight excluding hydrogens is 230 g/mol. The van der Waals surface area contributed by atoms with Crippen LogP contribution in [0.5, 0.6) is 0 Å². The fourth-order valence-electron chi connectivity index (χ4n) is 1.83. The Balaban J connectivity index is 2.53. The molecule has 0 unspecified atom stereocenters. The molecule has 0 aromatic heterocycles. The highest BCUT2D eigenvalue weighted by Crippen LogP contribution is 2.24. The quantitative estimate of drug-likeness (QED) is 0.825. The Labute approximate surface area is 105 Å². The Kier molecular flexibility index (Phi) is 3.28.